The molecule has 1 aromatic rings. The maximum absolute atomic E-state index is 13.3. The zero-order valence-electron chi connectivity index (χ0n) is 24.0. The predicted octanol–water partition coefficient (Wildman–Crippen LogP) is 4.76. The quantitative estimate of drug-likeness (QED) is 0.247. The Bertz CT molecular complexity index is 1040. The third-order valence-electron chi connectivity index (χ3n) is 7.24. The number of benzene rings is 1. The highest BCUT2D eigenvalue weighted by atomic mass is 35.5. The zero-order chi connectivity index (χ0) is 29.0. The first-order valence-corrected chi connectivity index (χ1v) is 21.6. The maximum atomic E-state index is 13.3. The zero-order valence-corrected chi connectivity index (χ0v) is 26.8. The van der Waals surface area contributed by atoms with E-state index in [1.165, 1.54) is 0 Å². The van der Waals surface area contributed by atoms with E-state index in [1.807, 2.05) is 23.1 Å². The largest absolute Gasteiger partial charge is 0.465 e. The van der Waals surface area contributed by atoms with Crippen LogP contribution in [0.1, 0.15) is 24.3 Å². The number of rotatable bonds is 11. The molecule has 9 nitrogen and oxygen atoms in total. The first-order valence-electron chi connectivity index (χ1n) is 13.8. The van der Waals surface area contributed by atoms with E-state index in [0.29, 0.717) is 44.2 Å². The average Bonchev–Trinajstić information content (AvgIpc) is 2.79. The molecule has 2 aliphatic rings. The highest BCUT2D eigenvalue weighted by Crippen LogP contribution is 2.37. The van der Waals surface area contributed by atoms with Crippen LogP contribution in [-0.4, -0.2) is 83.7 Å². The van der Waals surface area contributed by atoms with Crippen molar-refractivity contribution < 1.29 is 29.0 Å². The molecule has 2 heterocycles. The molecule has 1 amide bonds. The third-order valence-corrected chi connectivity index (χ3v) is 11.0. The lowest BCUT2D eigenvalue weighted by molar-refractivity contribution is -0.151. The van der Waals surface area contributed by atoms with Crippen LogP contribution in [0.3, 0.4) is 0 Å². The summed E-state index contributed by atoms with van der Waals surface area (Å²) in [7, 11) is -2.72. The highest BCUT2D eigenvalue weighted by molar-refractivity contribution is 6.76. The molecule has 2 fully saturated rings. The normalized spacial score (nSPS) is 22.1. The second-order valence-electron chi connectivity index (χ2n) is 13.1. The van der Waals surface area contributed by atoms with Gasteiger partial charge in [0.05, 0.1) is 19.3 Å². The number of amides is 1. The fourth-order valence-electron chi connectivity index (χ4n) is 4.76. The van der Waals surface area contributed by atoms with E-state index >= 15 is 0 Å². The van der Waals surface area contributed by atoms with Crippen molar-refractivity contribution in [3.8, 4) is 0 Å². The molecular formula is C27H44ClN3O6Si2. The van der Waals surface area contributed by atoms with Crippen LogP contribution in [0.2, 0.25) is 56.4 Å². The summed E-state index contributed by atoms with van der Waals surface area (Å²) in [4.78, 5) is 39.1. The summed E-state index contributed by atoms with van der Waals surface area (Å²) in [5.41, 5.74) is 1.72. The number of hydrogen-bond acceptors (Lipinski definition) is 7. The molecule has 3 unspecified atom stereocenters. The maximum Gasteiger partial charge on any atom is 0.405 e. The Balaban J connectivity index is 1.71. The lowest BCUT2D eigenvalue weighted by atomic mass is 9.82. The summed E-state index contributed by atoms with van der Waals surface area (Å²) >= 11 is 6.75. The fraction of sp³-hybridized carbons (Fsp3) is 0.667. The molecule has 1 aromatic carbocycles. The van der Waals surface area contributed by atoms with Crippen molar-refractivity contribution >= 4 is 51.5 Å². The van der Waals surface area contributed by atoms with E-state index in [0.717, 1.165) is 23.3 Å². The first-order chi connectivity index (χ1) is 18.1. The molecule has 39 heavy (non-hydrogen) atoms. The minimum Gasteiger partial charge on any atom is -0.465 e. The molecule has 12 heteroatoms. The summed E-state index contributed by atoms with van der Waals surface area (Å²) in [6.07, 6.45) is 0.0861. The van der Waals surface area contributed by atoms with Crippen LogP contribution < -0.4 is 15.5 Å². The molecular weight excluding hydrogens is 554 g/mol. The Hall–Kier alpha value is -2.09. The van der Waals surface area contributed by atoms with Crippen LogP contribution in [0, 0.1) is 0 Å². The molecule has 2 aliphatic heterocycles. The summed E-state index contributed by atoms with van der Waals surface area (Å²) in [5.74, 6) is -0.951. The van der Waals surface area contributed by atoms with Gasteiger partial charge in [-0.15, -0.1) is 0 Å². The van der Waals surface area contributed by atoms with Crippen LogP contribution in [0.4, 0.5) is 10.5 Å². The molecule has 0 spiro atoms. The van der Waals surface area contributed by atoms with Crippen molar-refractivity contribution in [3.63, 3.8) is 0 Å². The number of halogens is 1. The van der Waals surface area contributed by atoms with E-state index in [-0.39, 0.29) is 23.9 Å². The standard InChI is InChI=1S/C27H44ClN3O6Si2/c1-38(2,3)13-11-36-25(32)23-10-9-21(24(30-23)26(33)37-12-14-39(4,5)6)20-8-7-19(15-22(20)28)31-16-18(17-31)29-27(34)35/h7-8,15,18,21,23-24,29-30H,9-14,16-17H2,1-6H3,(H,34,35). The molecule has 0 saturated carbocycles. The number of anilines is 1. The van der Waals surface area contributed by atoms with Gasteiger partial charge in [0.25, 0.3) is 0 Å². The number of ether oxygens (including phenoxy) is 2. The van der Waals surface area contributed by atoms with E-state index in [1.54, 1.807) is 0 Å². The smallest absolute Gasteiger partial charge is 0.405 e. The van der Waals surface area contributed by atoms with Crippen LogP contribution in [-0.2, 0) is 19.1 Å². The predicted molar refractivity (Wildman–Crippen MR) is 160 cm³/mol. The number of piperidine rings is 1. The average molecular weight is 598 g/mol. The van der Waals surface area contributed by atoms with Gasteiger partial charge < -0.3 is 24.8 Å². The van der Waals surface area contributed by atoms with Crippen LogP contribution in [0.15, 0.2) is 18.2 Å². The summed E-state index contributed by atoms with van der Waals surface area (Å²) in [6, 6.07) is 6.09. The number of nitrogens with zero attached hydrogens (tertiary/aromatic N) is 1. The first kappa shape index (κ1) is 31.4. The number of nitrogens with one attached hydrogen (secondary N) is 2. The van der Waals surface area contributed by atoms with Gasteiger partial charge in [-0.1, -0.05) is 56.9 Å². The van der Waals surface area contributed by atoms with Gasteiger partial charge in [0.1, 0.15) is 12.1 Å². The van der Waals surface area contributed by atoms with Gasteiger partial charge in [-0.3, -0.25) is 14.9 Å². The van der Waals surface area contributed by atoms with Crippen LogP contribution in [0.25, 0.3) is 0 Å². The Morgan fingerprint density at radius 3 is 2.13 bits per heavy atom. The van der Waals surface area contributed by atoms with Gasteiger partial charge in [0.15, 0.2) is 0 Å². The van der Waals surface area contributed by atoms with Crippen molar-refractivity contribution in [1.82, 2.24) is 10.6 Å². The molecule has 0 aliphatic carbocycles. The molecule has 0 radical (unpaired) electrons. The topological polar surface area (TPSA) is 117 Å². The van der Waals surface area contributed by atoms with Gasteiger partial charge in [-0.25, -0.2) is 4.79 Å². The van der Waals surface area contributed by atoms with Gasteiger partial charge in [0.2, 0.25) is 0 Å². The molecule has 0 bridgehead atoms. The van der Waals surface area contributed by atoms with Gasteiger partial charge in [0, 0.05) is 45.9 Å². The number of carbonyl (C=O) groups excluding carboxylic acids is 2. The summed E-state index contributed by atoms with van der Waals surface area (Å²) in [5, 5.41) is 15.2. The lowest BCUT2D eigenvalue weighted by Crippen LogP contribution is -2.59. The second kappa shape index (κ2) is 13.1. The monoisotopic (exact) mass is 597 g/mol. The Labute approximate surface area is 239 Å². The molecule has 3 atom stereocenters. The molecule has 2 saturated heterocycles. The van der Waals surface area contributed by atoms with Gasteiger partial charge in [-0.05, 0) is 42.6 Å². The minimum atomic E-state index is -1.39. The number of carboxylic acid groups (broad SMARTS) is 1. The Morgan fingerprint density at radius 1 is 1.00 bits per heavy atom. The van der Waals surface area contributed by atoms with Crippen molar-refractivity contribution in [3.05, 3.63) is 28.8 Å². The van der Waals surface area contributed by atoms with Crippen molar-refractivity contribution in [2.24, 2.45) is 0 Å². The van der Waals surface area contributed by atoms with Crippen LogP contribution in [0.5, 0.6) is 0 Å². The minimum absolute atomic E-state index is 0.110. The number of hydrogen-bond donors (Lipinski definition) is 3. The van der Waals surface area contributed by atoms with Crippen molar-refractivity contribution in [1.29, 1.82) is 0 Å². The third kappa shape index (κ3) is 9.51. The summed E-state index contributed by atoms with van der Waals surface area (Å²) < 4.78 is 11.3. The van der Waals surface area contributed by atoms with Crippen LogP contribution >= 0.6 is 11.6 Å². The van der Waals surface area contributed by atoms with E-state index in [2.05, 4.69) is 49.9 Å². The Kier molecular flexibility index (Phi) is 10.5. The van der Waals surface area contributed by atoms with Crippen molar-refractivity contribution in [2.75, 3.05) is 31.2 Å². The Morgan fingerprint density at radius 2 is 1.59 bits per heavy atom. The van der Waals surface area contributed by atoms with Gasteiger partial charge >= 0.3 is 18.0 Å². The van der Waals surface area contributed by atoms with E-state index in [9.17, 15) is 14.4 Å². The van der Waals surface area contributed by atoms with E-state index < -0.39 is 34.3 Å². The fourth-order valence-corrected chi connectivity index (χ4v) is 6.50. The van der Waals surface area contributed by atoms with Crippen molar-refractivity contribution in [2.45, 2.75) is 88.3 Å². The lowest BCUT2D eigenvalue weighted by Gasteiger charge is -2.41. The SMILES string of the molecule is C[Si](C)(C)CCOC(=O)C1CCC(c2ccc(N3CC(NC(=O)O)C3)cc2Cl)C(C(=O)OCC[Si](C)(C)C)N1. The molecule has 3 rings (SSSR count). The second-order valence-corrected chi connectivity index (χ2v) is 24.7. The molecule has 218 valence electrons. The highest BCUT2D eigenvalue weighted by Gasteiger charge is 2.41. The van der Waals surface area contributed by atoms with E-state index in [4.69, 9.17) is 26.2 Å². The number of esters is 2. The summed E-state index contributed by atoms with van der Waals surface area (Å²) in [6.45, 7) is 15.3. The molecule has 3 N–H and O–H groups in total. The van der Waals surface area contributed by atoms with Gasteiger partial charge in [-0.2, -0.15) is 0 Å². The number of carbonyl (C=O) groups is 3. The molecule has 0 aromatic heterocycles.